The number of aliphatic carboxylic acids is 2. The summed E-state index contributed by atoms with van der Waals surface area (Å²) in [4.78, 5) is 30.2. The van der Waals surface area contributed by atoms with Gasteiger partial charge in [-0.3, -0.25) is 4.79 Å². The molecule has 0 spiro atoms. The van der Waals surface area contributed by atoms with Crippen LogP contribution in [0.1, 0.15) is 22.8 Å². The largest absolute Gasteiger partial charge is 0.497 e. The van der Waals surface area contributed by atoms with Crippen molar-refractivity contribution in [3.8, 4) is 11.5 Å². The number of amides is 1. The molecule has 0 heterocycles. The number of nitrogens with one attached hydrogen (secondary N) is 1. The van der Waals surface area contributed by atoms with E-state index in [2.05, 4.69) is 10.5 Å². The number of carbonyl (C=O) groups excluding carboxylic acids is 1. The Morgan fingerprint density at radius 1 is 0.966 bits per heavy atom. The number of ether oxygens (including phenoxy) is 2. The molecule has 0 atom stereocenters. The van der Waals surface area contributed by atoms with Gasteiger partial charge in [0.25, 0.3) is 5.91 Å². The molecule has 0 unspecified atom stereocenters. The lowest BCUT2D eigenvalue weighted by Crippen LogP contribution is -2.19. The van der Waals surface area contributed by atoms with Gasteiger partial charge in [-0.15, -0.1) is 0 Å². The van der Waals surface area contributed by atoms with Gasteiger partial charge in [-0.1, -0.05) is 0 Å². The molecule has 29 heavy (non-hydrogen) atoms. The maximum absolute atomic E-state index is 12.0. The minimum atomic E-state index is -1.82. The number of anilines is 1. The number of hydrogen-bond acceptors (Lipinski definition) is 7. The average Bonchev–Trinajstić information content (AvgIpc) is 2.72. The highest BCUT2D eigenvalue weighted by molar-refractivity contribution is 6.27. The lowest BCUT2D eigenvalue weighted by molar-refractivity contribution is -0.159. The van der Waals surface area contributed by atoms with Crippen molar-refractivity contribution >= 4 is 29.2 Å². The second-order valence-corrected chi connectivity index (χ2v) is 5.44. The van der Waals surface area contributed by atoms with Crippen molar-refractivity contribution in [2.24, 2.45) is 5.10 Å². The van der Waals surface area contributed by atoms with Crippen LogP contribution < -0.4 is 20.6 Å². The third-order valence-electron chi connectivity index (χ3n) is 3.48. The third kappa shape index (κ3) is 7.21. The first-order valence-corrected chi connectivity index (χ1v) is 8.08. The number of nitrogens with two attached hydrogens (primary N) is 1. The van der Waals surface area contributed by atoms with E-state index in [1.54, 1.807) is 57.5 Å². The molecule has 2 aromatic carbocycles. The molecule has 0 saturated carbocycles. The van der Waals surface area contributed by atoms with Crippen LogP contribution in [0.2, 0.25) is 0 Å². The molecule has 2 aromatic rings. The topological polar surface area (TPSA) is 161 Å². The highest BCUT2D eigenvalue weighted by Crippen LogP contribution is 2.25. The Morgan fingerprint density at radius 2 is 1.55 bits per heavy atom. The van der Waals surface area contributed by atoms with Gasteiger partial charge >= 0.3 is 11.9 Å². The first-order valence-electron chi connectivity index (χ1n) is 8.08. The molecule has 0 bridgehead atoms. The Morgan fingerprint density at radius 3 is 2.03 bits per heavy atom. The molecular weight excluding hydrogens is 382 g/mol. The van der Waals surface area contributed by atoms with Gasteiger partial charge in [-0.2, -0.15) is 5.10 Å². The predicted molar refractivity (Wildman–Crippen MR) is 105 cm³/mol. The monoisotopic (exact) mass is 403 g/mol. The molecule has 0 aliphatic heterocycles. The van der Waals surface area contributed by atoms with Crippen LogP contribution >= 0.6 is 0 Å². The summed E-state index contributed by atoms with van der Waals surface area (Å²) < 4.78 is 10.5. The molecule has 0 saturated heterocycles. The molecule has 5 N–H and O–H groups in total. The Kier molecular flexibility index (Phi) is 8.65. The van der Waals surface area contributed by atoms with Crippen molar-refractivity contribution in [2.75, 3.05) is 20.0 Å². The molecule has 0 fully saturated rings. The van der Waals surface area contributed by atoms with Crippen LogP contribution in [0.25, 0.3) is 0 Å². The molecule has 0 aliphatic carbocycles. The molecule has 0 radical (unpaired) electrons. The Hall–Kier alpha value is -4.08. The summed E-state index contributed by atoms with van der Waals surface area (Å²) in [7, 11) is 3.15. The smallest absolute Gasteiger partial charge is 0.414 e. The number of hydrogen-bond donors (Lipinski definition) is 4. The first-order chi connectivity index (χ1) is 13.7. The summed E-state index contributed by atoms with van der Waals surface area (Å²) >= 11 is 0. The van der Waals surface area contributed by atoms with Gasteiger partial charge in [-0.05, 0) is 43.3 Å². The van der Waals surface area contributed by atoms with Crippen LogP contribution in [0.15, 0.2) is 47.6 Å². The fourth-order valence-corrected chi connectivity index (χ4v) is 1.99. The highest BCUT2D eigenvalue weighted by Gasteiger charge is 2.09. The lowest BCUT2D eigenvalue weighted by atomic mass is 10.1. The maximum Gasteiger partial charge on any atom is 0.414 e. The number of carbonyl (C=O) groups is 3. The number of carboxylic acid groups (broad SMARTS) is 2. The van der Waals surface area contributed by atoms with E-state index in [0.717, 1.165) is 5.56 Å². The number of nitrogen functional groups attached to an aromatic ring is 1. The summed E-state index contributed by atoms with van der Waals surface area (Å²) in [6.07, 6.45) is 0. The van der Waals surface area contributed by atoms with E-state index in [1.165, 1.54) is 0 Å². The molecule has 2 rings (SSSR count). The van der Waals surface area contributed by atoms with Crippen molar-refractivity contribution in [3.05, 3.63) is 53.6 Å². The van der Waals surface area contributed by atoms with E-state index in [4.69, 9.17) is 35.0 Å². The van der Waals surface area contributed by atoms with E-state index < -0.39 is 11.9 Å². The van der Waals surface area contributed by atoms with Gasteiger partial charge in [0.15, 0.2) is 0 Å². The van der Waals surface area contributed by atoms with E-state index in [0.29, 0.717) is 28.5 Å². The van der Waals surface area contributed by atoms with Crippen molar-refractivity contribution < 1.29 is 34.1 Å². The van der Waals surface area contributed by atoms with E-state index in [9.17, 15) is 4.79 Å². The Bertz CT molecular complexity index is 897. The van der Waals surface area contributed by atoms with Crippen LogP contribution in [0, 0.1) is 0 Å². The van der Waals surface area contributed by atoms with Crippen LogP contribution in [0.5, 0.6) is 11.5 Å². The third-order valence-corrected chi connectivity index (χ3v) is 3.48. The summed E-state index contributed by atoms with van der Waals surface area (Å²) in [5, 5.41) is 18.9. The first kappa shape index (κ1) is 23.0. The Balaban J connectivity index is 0.000000612. The van der Waals surface area contributed by atoms with Crippen molar-refractivity contribution in [1.29, 1.82) is 0 Å². The fourth-order valence-electron chi connectivity index (χ4n) is 1.99. The van der Waals surface area contributed by atoms with Crippen molar-refractivity contribution in [1.82, 2.24) is 5.43 Å². The van der Waals surface area contributed by atoms with Gasteiger partial charge in [0.1, 0.15) is 11.5 Å². The second-order valence-electron chi connectivity index (χ2n) is 5.44. The average molecular weight is 403 g/mol. The zero-order valence-electron chi connectivity index (χ0n) is 16.0. The Labute approximate surface area is 166 Å². The summed E-state index contributed by atoms with van der Waals surface area (Å²) in [6, 6.07) is 12.0. The molecule has 10 nitrogen and oxygen atoms in total. The molecule has 0 aromatic heterocycles. The molecule has 0 aliphatic rings. The zero-order chi connectivity index (χ0) is 22.0. The van der Waals surface area contributed by atoms with Crippen LogP contribution in [-0.4, -0.2) is 48.0 Å². The number of methoxy groups -OCH3 is 2. The summed E-state index contributed by atoms with van der Waals surface area (Å²) in [5.74, 6) is -2.65. The zero-order valence-corrected chi connectivity index (χ0v) is 16.0. The van der Waals surface area contributed by atoms with Crippen molar-refractivity contribution in [3.63, 3.8) is 0 Å². The quantitative estimate of drug-likeness (QED) is 0.253. The minimum Gasteiger partial charge on any atom is -0.497 e. The van der Waals surface area contributed by atoms with Gasteiger partial charge < -0.3 is 25.4 Å². The lowest BCUT2D eigenvalue weighted by Gasteiger charge is -2.10. The molecule has 154 valence electrons. The van der Waals surface area contributed by atoms with E-state index in [1.807, 2.05) is 6.07 Å². The standard InChI is InChI=1S/C17H19N3O3.C2H2O4/c1-11(15-9-8-14(22-2)10-16(15)23-3)19-20-17(21)12-4-6-13(18)7-5-12;3-1(4)2(5)6/h4-10H,18H2,1-3H3,(H,20,21);(H,3,4)(H,5,6). The van der Waals surface area contributed by atoms with Crippen molar-refractivity contribution in [2.45, 2.75) is 6.92 Å². The van der Waals surface area contributed by atoms with Crippen LogP contribution in [-0.2, 0) is 9.59 Å². The molecule has 1 amide bonds. The normalized spacial score (nSPS) is 10.2. The molecular formula is C19H21N3O7. The van der Waals surface area contributed by atoms with Gasteiger partial charge in [0.2, 0.25) is 0 Å². The molecule has 10 heteroatoms. The van der Waals surface area contributed by atoms with E-state index >= 15 is 0 Å². The van der Waals surface area contributed by atoms with Gasteiger partial charge in [0, 0.05) is 22.9 Å². The predicted octanol–water partition coefficient (Wildman–Crippen LogP) is 1.60. The number of carboxylic acids is 2. The summed E-state index contributed by atoms with van der Waals surface area (Å²) in [6.45, 7) is 1.79. The number of rotatable bonds is 5. The maximum atomic E-state index is 12.0. The second kappa shape index (κ2) is 10.9. The van der Waals surface area contributed by atoms with Crippen LogP contribution in [0.4, 0.5) is 5.69 Å². The van der Waals surface area contributed by atoms with Gasteiger partial charge in [0.05, 0.1) is 19.9 Å². The summed E-state index contributed by atoms with van der Waals surface area (Å²) in [5.41, 5.74) is 10.6. The van der Waals surface area contributed by atoms with Crippen LogP contribution in [0.3, 0.4) is 0 Å². The van der Waals surface area contributed by atoms with E-state index in [-0.39, 0.29) is 5.91 Å². The number of nitrogens with zero attached hydrogens (tertiary/aromatic N) is 1. The number of benzene rings is 2. The van der Waals surface area contributed by atoms with Gasteiger partial charge in [-0.25, -0.2) is 15.0 Å². The highest BCUT2D eigenvalue weighted by atomic mass is 16.5. The fraction of sp³-hybridized carbons (Fsp3) is 0.158. The number of hydrazone groups is 1. The SMILES string of the molecule is COc1ccc(C(C)=NNC(=O)c2ccc(N)cc2)c(OC)c1.O=C(O)C(=O)O. The minimum absolute atomic E-state index is 0.308.